The van der Waals surface area contributed by atoms with E-state index in [1.807, 2.05) is 6.92 Å². The highest BCUT2D eigenvalue weighted by Gasteiger charge is 2.49. The van der Waals surface area contributed by atoms with Gasteiger partial charge in [0.1, 0.15) is 0 Å². The molecule has 90 valence electrons. The molecule has 3 heteroatoms. The van der Waals surface area contributed by atoms with E-state index in [0.29, 0.717) is 18.2 Å². The van der Waals surface area contributed by atoms with Crippen molar-refractivity contribution in [2.75, 3.05) is 6.61 Å². The third-order valence-electron chi connectivity index (χ3n) is 3.80. The number of nitrogens with one attached hydrogen (secondary N) is 1. The molecule has 1 saturated carbocycles. The van der Waals surface area contributed by atoms with Crippen molar-refractivity contribution in [3.8, 4) is 0 Å². The molecule has 0 bridgehead atoms. The van der Waals surface area contributed by atoms with E-state index in [-0.39, 0.29) is 11.5 Å². The lowest BCUT2D eigenvalue weighted by Crippen LogP contribution is -2.64. The minimum Gasteiger partial charge on any atom is -0.378 e. The lowest BCUT2D eigenvalue weighted by atomic mass is 9.64. The predicted molar refractivity (Wildman–Crippen MR) is 63.8 cm³/mol. The first-order valence-corrected chi connectivity index (χ1v) is 6.02. The Labute approximate surface area is 93.8 Å². The number of hydrogen-bond donors (Lipinski definition) is 2. The van der Waals surface area contributed by atoms with Crippen LogP contribution in [0, 0.1) is 5.41 Å². The zero-order chi connectivity index (χ0) is 11.6. The molecule has 1 aliphatic rings. The molecule has 0 amide bonds. The quantitative estimate of drug-likeness (QED) is 0.729. The first kappa shape index (κ1) is 12.9. The molecule has 1 aliphatic carbocycles. The summed E-state index contributed by atoms with van der Waals surface area (Å²) in [5.74, 6) is 0. The van der Waals surface area contributed by atoms with Crippen molar-refractivity contribution in [1.82, 2.24) is 5.32 Å². The van der Waals surface area contributed by atoms with E-state index < -0.39 is 0 Å². The molecule has 3 N–H and O–H groups in total. The maximum atomic E-state index is 5.85. The van der Waals surface area contributed by atoms with Gasteiger partial charge in [0.05, 0.1) is 6.10 Å². The molecule has 0 spiro atoms. The highest BCUT2D eigenvalue weighted by Crippen LogP contribution is 2.42. The van der Waals surface area contributed by atoms with Crippen LogP contribution in [0.15, 0.2) is 0 Å². The molecule has 0 aliphatic heterocycles. The SMILES string of the molecule is CCOC1CC(NC(C)C(C)N)C1(C)C. The minimum absolute atomic E-state index is 0.201. The standard InChI is InChI=1S/C12H26N2O/c1-6-15-11-7-10(12(11,4)5)14-9(3)8(2)13/h8-11,14H,6-7,13H2,1-5H3. The first-order valence-electron chi connectivity index (χ1n) is 6.02. The maximum absolute atomic E-state index is 5.85. The van der Waals surface area contributed by atoms with E-state index in [1.165, 1.54) is 0 Å². The topological polar surface area (TPSA) is 47.3 Å². The summed E-state index contributed by atoms with van der Waals surface area (Å²) in [6.45, 7) is 11.6. The van der Waals surface area contributed by atoms with Crippen molar-refractivity contribution < 1.29 is 4.74 Å². The highest BCUT2D eigenvalue weighted by atomic mass is 16.5. The molecule has 1 rings (SSSR count). The van der Waals surface area contributed by atoms with E-state index in [4.69, 9.17) is 10.5 Å². The van der Waals surface area contributed by atoms with Crippen molar-refractivity contribution in [2.24, 2.45) is 11.1 Å². The summed E-state index contributed by atoms with van der Waals surface area (Å²) < 4.78 is 5.69. The van der Waals surface area contributed by atoms with Crippen LogP contribution < -0.4 is 11.1 Å². The third kappa shape index (κ3) is 2.71. The molecular formula is C12H26N2O. The fraction of sp³-hybridized carbons (Fsp3) is 1.00. The van der Waals surface area contributed by atoms with Gasteiger partial charge < -0.3 is 15.8 Å². The molecule has 0 aromatic rings. The highest BCUT2D eigenvalue weighted by molar-refractivity contribution is 5.03. The van der Waals surface area contributed by atoms with Gasteiger partial charge in [-0.1, -0.05) is 13.8 Å². The van der Waals surface area contributed by atoms with Gasteiger partial charge in [0.2, 0.25) is 0 Å². The molecule has 0 heterocycles. The summed E-state index contributed by atoms with van der Waals surface area (Å²) in [6, 6.07) is 1.11. The zero-order valence-electron chi connectivity index (χ0n) is 10.7. The van der Waals surface area contributed by atoms with E-state index in [2.05, 4.69) is 33.0 Å². The van der Waals surface area contributed by atoms with Gasteiger partial charge >= 0.3 is 0 Å². The van der Waals surface area contributed by atoms with E-state index in [1.54, 1.807) is 0 Å². The van der Waals surface area contributed by atoms with Gasteiger partial charge in [0.25, 0.3) is 0 Å². The number of hydrogen-bond acceptors (Lipinski definition) is 3. The van der Waals surface area contributed by atoms with Crippen LogP contribution >= 0.6 is 0 Å². The van der Waals surface area contributed by atoms with Crippen LogP contribution in [0.25, 0.3) is 0 Å². The second-order valence-electron chi connectivity index (χ2n) is 5.37. The Balaban J connectivity index is 2.41. The van der Waals surface area contributed by atoms with Crippen LogP contribution in [0.4, 0.5) is 0 Å². The predicted octanol–water partition coefficient (Wildman–Crippen LogP) is 1.52. The molecule has 0 saturated heterocycles. The number of ether oxygens (including phenoxy) is 1. The largest absolute Gasteiger partial charge is 0.378 e. The third-order valence-corrected chi connectivity index (χ3v) is 3.80. The Morgan fingerprint density at radius 1 is 1.47 bits per heavy atom. The van der Waals surface area contributed by atoms with Crippen LogP contribution in [0.5, 0.6) is 0 Å². The normalized spacial score (nSPS) is 33.2. The van der Waals surface area contributed by atoms with Gasteiger partial charge in [-0.25, -0.2) is 0 Å². The van der Waals surface area contributed by atoms with E-state index in [0.717, 1.165) is 13.0 Å². The Morgan fingerprint density at radius 3 is 2.47 bits per heavy atom. The van der Waals surface area contributed by atoms with Gasteiger partial charge in [0.15, 0.2) is 0 Å². The molecule has 0 radical (unpaired) electrons. The van der Waals surface area contributed by atoms with Gasteiger partial charge in [0, 0.05) is 30.1 Å². The van der Waals surface area contributed by atoms with Crippen LogP contribution in [-0.2, 0) is 4.74 Å². The lowest BCUT2D eigenvalue weighted by Gasteiger charge is -2.53. The van der Waals surface area contributed by atoms with Crippen molar-refractivity contribution >= 4 is 0 Å². The lowest BCUT2D eigenvalue weighted by molar-refractivity contribution is -0.116. The van der Waals surface area contributed by atoms with E-state index in [9.17, 15) is 0 Å². The summed E-state index contributed by atoms with van der Waals surface area (Å²) in [7, 11) is 0. The molecule has 4 unspecified atom stereocenters. The monoisotopic (exact) mass is 214 g/mol. The Morgan fingerprint density at radius 2 is 2.07 bits per heavy atom. The van der Waals surface area contributed by atoms with Gasteiger partial charge in [-0.2, -0.15) is 0 Å². The maximum Gasteiger partial charge on any atom is 0.0655 e. The smallest absolute Gasteiger partial charge is 0.0655 e. The Bertz CT molecular complexity index is 204. The second-order valence-corrected chi connectivity index (χ2v) is 5.37. The fourth-order valence-corrected chi connectivity index (χ4v) is 2.12. The van der Waals surface area contributed by atoms with Crippen molar-refractivity contribution in [3.05, 3.63) is 0 Å². The van der Waals surface area contributed by atoms with Crippen molar-refractivity contribution in [1.29, 1.82) is 0 Å². The van der Waals surface area contributed by atoms with Crippen LogP contribution in [-0.4, -0.2) is 30.8 Å². The van der Waals surface area contributed by atoms with Gasteiger partial charge in [-0.15, -0.1) is 0 Å². The summed E-state index contributed by atoms with van der Waals surface area (Å²) in [4.78, 5) is 0. The van der Waals surface area contributed by atoms with Crippen LogP contribution in [0.3, 0.4) is 0 Å². The number of rotatable bonds is 5. The summed E-state index contributed by atoms with van der Waals surface area (Å²) in [5.41, 5.74) is 6.09. The van der Waals surface area contributed by atoms with E-state index >= 15 is 0 Å². The Kier molecular flexibility index (Phi) is 4.15. The summed E-state index contributed by atoms with van der Waals surface area (Å²) in [6.07, 6.45) is 1.51. The summed E-state index contributed by atoms with van der Waals surface area (Å²) >= 11 is 0. The molecular weight excluding hydrogens is 188 g/mol. The summed E-state index contributed by atoms with van der Waals surface area (Å²) in [5, 5.41) is 3.59. The van der Waals surface area contributed by atoms with Gasteiger partial charge in [-0.3, -0.25) is 0 Å². The second kappa shape index (κ2) is 4.81. The fourth-order valence-electron chi connectivity index (χ4n) is 2.12. The molecule has 4 atom stereocenters. The Hall–Kier alpha value is -0.120. The molecule has 15 heavy (non-hydrogen) atoms. The zero-order valence-corrected chi connectivity index (χ0v) is 10.7. The molecule has 0 aromatic carbocycles. The minimum atomic E-state index is 0.201. The molecule has 1 fully saturated rings. The average molecular weight is 214 g/mol. The average Bonchev–Trinajstić information content (AvgIpc) is 2.16. The van der Waals surface area contributed by atoms with Crippen LogP contribution in [0.1, 0.15) is 41.0 Å². The molecule has 0 aromatic heterocycles. The van der Waals surface area contributed by atoms with Crippen molar-refractivity contribution in [2.45, 2.75) is 65.3 Å². The van der Waals surface area contributed by atoms with Gasteiger partial charge in [-0.05, 0) is 27.2 Å². The molecule has 3 nitrogen and oxygen atoms in total. The van der Waals surface area contributed by atoms with Crippen LogP contribution in [0.2, 0.25) is 0 Å². The first-order chi connectivity index (χ1) is 6.89. The van der Waals surface area contributed by atoms with Crippen molar-refractivity contribution in [3.63, 3.8) is 0 Å². The number of nitrogens with two attached hydrogens (primary N) is 1.